The Labute approximate surface area is 241 Å². The summed E-state index contributed by atoms with van der Waals surface area (Å²) in [4.78, 5) is 12.2. The molecule has 0 spiro atoms. The predicted octanol–water partition coefficient (Wildman–Crippen LogP) is 6.94. The first-order valence-electron chi connectivity index (χ1n) is 16.3. The molecule has 1 aliphatic heterocycles. The Bertz CT molecular complexity index is 1110. The second-order valence-electron chi connectivity index (χ2n) is 14.2. The van der Waals surface area contributed by atoms with Gasteiger partial charge in [-0.15, -0.1) is 0 Å². The van der Waals surface area contributed by atoms with E-state index in [2.05, 4.69) is 56.4 Å². The molecule has 0 aromatic heterocycles. The summed E-state index contributed by atoms with van der Waals surface area (Å²) in [5.74, 6) is 3.13. The van der Waals surface area contributed by atoms with Crippen LogP contribution in [-0.2, 0) is 9.53 Å². The Balaban J connectivity index is 1.14. The third-order valence-corrected chi connectivity index (χ3v) is 12.3. The van der Waals surface area contributed by atoms with Crippen molar-refractivity contribution in [2.75, 3.05) is 19.8 Å². The number of carbonyl (C=O) groups is 1. The van der Waals surface area contributed by atoms with Gasteiger partial charge in [0.2, 0.25) is 0 Å². The van der Waals surface area contributed by atoms with Crippen LogP contribution in [0.3, 0.4) is 0 Å². The standard InChI is InChI=1S/C35H51NO4/c1-4-32(36-26-13-19-39-20-14-26)24-6-5-7-28(22-24)40-21-18-35-17-12-30-29(31(35)11-16-34(35,3)38)9-8-25-23-27(37)10-15-33(25,30)2/h5-8,22,26,29-32,36,38H,4,9-21,23H2,1-3H3/t29?,30?,31?,32?,33-,34?,35+/m0/s1. The first kappa shape index (κ1) is 28.4. The van der Waals surface area contributed by atoms with Crippen LogP contribution in [-0.4, -0.2) is 42.4 Å². The van der Waals surface area contributed by atoms with E-state index in [-0.39, 0.29) is 10.8 Å². The summed E-state index contributed by atoms with van der Waals surface area (Å²) in [6.07, 6.45) is 14.2. The lowest BCUT2D eigenvalue weighted by Crippen LogP contribution is -2.55. The highest BCUT2D eigenvalue weighted by Crippen LogP contribution is 2.68. The van der Waals surface area contributed by atoms with Gasteiger partial charge in [-0.3, -0.25) is 4.79 Å². The van der Waals surface area contributed by atoms with Crippen molar-refractivity contribution in [2.45, 2.75) is 116 Å². The van der Waals surface area contributed by atoms with Crippen LogP contribution in [0.5, 0.6) is 5.75 Å². The summed E-state index contributed by atoms with van der Waals surface area (Å²) >= 11 is 0. The maximum atomic E-state index is 12.2. The van der Waals surface area contributed by atoms with Crippen molar-refractivity contribution >= 4 is 5.78 Å². The van der Waals surface area contributed by atoms with E-state index in [0.717, 1.165) is 89.6 Å². The van der Waals surface area contributed by atoms with E-state index in [1.807, 2.05) is 0 Å². The molecule has 5 aliphatic rings. The summed E-state index contributed by atoms with van der Waals surface area (Å²) in [5.41, 5.74) is 2.14. The van der Waals surface area contributed by atoms with Crippen LogP contribution in [0.2, 0.25) is 0 Å². The van der Waals surface area contributed by atoms with Crippen molar-refractivity contribution in [3.63, 3.8) is 0 Å². The molecule has 40 heavy (non-hydrogen) atoms. The quantitative estimate of drug-likeness (QED) is 0.344. The predicted molar refractivity (Wildman–Crippen MR) is 158 cm³/mol. The fraction of sp³-hybridized carbons (Fsp3) is 0.743. The Morgan fingerprint density at radius 2 is 1.90 bits per heavy atom. The van der Waals surface area contributed by atoms with Gasteiger partial charge in [-0.05, 0) is 112 Å². The number of allylic oxidation sites excluding steroid dienone is 2. The van der Waals surface area contributed by atoms with Crippen molar-refractivity contribution in [1.82, 2.24) is 5.32 Å². The monoisotopic (exact) mass is 549 g/mol. The number of nitrogens with one attached hydrogen (secondary N) is 1. The van der Waals surface area contributed by atoms with E-state index >= 15 is 0 Å². The van der Waals surface area contributed by atoms with Gasteiger partial charge in [-0.25, -0.2) is 0 Å². The van der Waals surface area contributed by atoms with Crippen molar-refractivity contribution in [2.24, 2.45) is 28.6 Å². The highest BCUT2D eigenvalue weighted by Gasteiger charge is 2.63. The molecule has 6 rings (SSSR count). The van der Waals surface area contributed by atoms with E-state index in [0.29, 0.717) is 48.6 Å². The zero-order chi connectivity index (χ0) is 28.0. The average Bonchev–Trinajstić information content (AvgIpc) is 3.23. The van der Waals surface area contributed by atoms with Crippen LogP contribution in [0.25, 0.3) is 0 Å². The molecule has 1 aromatic carbocycles. The number of hydrogen-bond donors (Lipinski definition) is 2. The number of ether oxygens (including phenoxy) is 2. The van der Waals surface area contributed by atoms with Gasteiger partial charge in [0.05, 0.1) is 12.2 Å². The molecule has 3 saturated carbocycles. The fourth-order valence-corrected chi connectivity index (χ4v) is 9.89. The molecule has 5 heteroatoms. The first-order chi connectivity index (χ1) is 19.3. The Morgan fingerprint density at radius 1 is 1.10 bits per heavy atom. The SMILES string of the molecule is CCC(NC1CCOCC1)c1cccc(OCC[C@]23CCC4C(CC=C5CC(=O)CC[C@@]54C)C2CCC3(C)O)c1. The molecule has 220 valence electrons. The van der Waals surface area contributed by atoms with E-state index in [4.69, 9.17) is 9.47 Å². The largest absolute Gasteiger partial charge is 0.494 e. The number of Topliss-reactive ketones (excluding diaryl/α,β-unsaturated/α-hetero) is 1. The van der Waals surface area contributed by atoms with Crippen LogP contribution in [0.4, 0.5) is 0 Å². The molecule has 2 N–H and O–H groups in total. The van der Waals surface area contributed by atoms with Crippen LogP contribution in [0, 0.1) is 28.6 Å². The third-order valence-electron chi connectivity index (χ3n) is 12.3. The topological polar surface area (TPSA) is 67.8 Å². The number of carbonyl (C=O) groups excluding carboxylic acids is 1. The minimum absolute atomic E-state index is 0.0888. The van der Waals surface area contributed by atoms with E-state index in [1.165, 1.54) is 11.1 Å². The Hall–Kier alpha value is -1.69. The highest BCUT2D eigenvalue weighted by molar-refractivity contribution is 5.82. The van der Waals surface area contributed by atoms with Crippen molar-refractivity contribution < 1.29 is 19.4 Å². The van der Waals surface area contributed by atoms with Gasteiger partial charge in [0.1, 0.15) is 11.5 Å². The molecule has 5 unspecified atom stereocenters. The Morgan fingerprint density at radius 3 is 2.70 bits per heavy atom. The smallest absolute Gasteiger partial charge is 0.136 e. The van der Waals surface area contributed by atoms with E-state index in [1.54, 1.807) is 0 Å². The second-order valence-corrected chi connectivity index (χ2v) is 14.2. The van der Waals surface area contributed by atoms with Crippen LogP contribution in [0.1, 0.15) is 109 Å². The molecular formula is C35H51NO4. The molecule has 0 radical (unpaired) electrons. The lowest BCUT2D eigenvalue weighted by molar-refractivity contribution is -0.135. The van der Waals surface area contributed by atoms with Gasteiger partial charge in [0.15, 0.2) is 0 Å². The number of rotatable bonds is 8. The highest BCUT2D eigenvalue weighted by atomic mass is 16.5. The molecule has 7 atom stereocenters. The molecule has 1 heterocycles. The molecule has 1 saturated heterocycles. The normalized spacial score (nSPS) is 38.6. The molecule has 4 fully saturated rings. The van der Waals surface area contributed by atoms with Crippen LogP contribution >= 0.6 is 0 Å². The molecule has 0 amide bonds. The molecule has 0 bridgehead atoms. The maximum Gasteiger partial charge on any atom is 0.136 e. The van der Waals surface area contributed by atoms with E-state index in [9.17, 15) is 9.90 Å². The zero-order valence-corrected chi connectivity index (χ0v) is 25.1. The van der Waals surface area contributed by atoms with Gasteiger partial charge < -0.3 is 19.9 Å². The van der Waals surface area contributed by atoms with Crippen molar-refractivity contribution in [3.05, 3.63) is 41.5 Å². The second kappa shape index (κ2) is 11.2. The number of aliphatic hydroxyl groups is 1. The minimum Gasteiger partial charge on any atom is -0.494 e. The van der Waals surface area contributed by atoms with Gasteiger partial charge in [0, 0.05) is 43.6 Å². The average molecular weight is 550 g/mol. The lowest BCUT2D eigenvalue weighted by Gasteiger charge is -2.59. The van der Waals surface area contributed by atoms with Gasteiger partial charge >= 0.3 is 0 Å². The van der Waals surface area contributed by atoms with Crippen LogP contribution < -0.4 is 10.1 Å². The van der Waals surface area contributed by atoms with Crippen LogP contribution in [0.15, 0.2) is 35.9 Å². The van der Waals surface area contributed by atoms with E-state index < -0.39 is 5.60 Å². The molecule has 5 nitrogen and oxygen atoms in total. The summed E-state index contributed by atoms with van der Waals surface area (Å²) in [7, 11) is 0. The van der Waals surface area contributed by atoms with Gasteiger partial charge in [-0.2, -0.15) is 0 Å². The summed E-state index contributed by atoms with van der Waals surface area (Å²) in [6, 6.07) is 9.48. The van der Waals surface area contributed by atoms with Gasteiger partial charge in [-0.1, -0.05) is 37.6 Å². The van der Waals surface area contributed by atoms with Crippen molar-refractivity contribution in [3.8, 4) is 5.75 Å². The fourth-order valence-electron chi connectivity index (χ4n) is 9.89. The summed E-state index contributed by atoms with van der Waals surface area (Å²) in [6.45, 7) is 9.14. The molecule has 1 aromatic rings. The number of ketones is 1. The number of benzene rings is 1. The number of hydrogen-bond acceptors (Lipinski definition) is 5. The lowest BCUT2D eigenvalue weighted by atomic mass is 9.46. The first-order valence-corrected chi connectivity index (χ1v) is 16.3. The zero-order valence-electron chi connectivity index (χ0n) is 25.1. The number of fused-ring (bicyclic) bond motifs is 5. The molecular weight excluding hydrogens is 498 g/mol. The van der Waals surface area contributed by atoms with Gasteiger partial charge in [0.25, 0.3) is 0 Å². The summed E-state index contributed by atoms with van der Waals surface area (Å²) < 4.78 is 12.0. The Kier molecular flexibility index (Phi) is 7.95. The maximum absolute atomic E-state index is 12.2. The minimum atomic E-state index is -0.651. The molecule has 4 aliphatic carbocycles. The third kappa shape index (κ3) is 4.98. The summed E-state index contributed by atoms with van der Waals surface area (Å²) in [5, 5.41) is 15.7. The van der Waals surface area contributed by atoms with Crippen molar-refractivity contribution in [1.29, 1.82) is 0 Å².